The molecule has 5 nitrogen and oxygen atoms in total. The Morgan fingerprint density at radius 1 is 0.547 bits per heavy atom. The highest BCUT2D eigenvalue weighted by molar-refractivity contribution is 9.10. The van der Waals surface area contributed by atoms with E-state index in [-0.39, 0.29) is 0 Å². The summed E-state index contributed by atoms with van der Waals surface area (Å²) in [6, 6.07) is 50.9. The third-order valence-electron chi connectivity index (χ3n) is 10.3. The lowest BCUT2D eigenvalue weighted by molar-refractivity contribution is 0.669. The maximum atomic E-state index is 6.22. The van der Waals surface area contributed by atoms with Crippen LogP contribution in [0.2, 0.25) is 0 Å². The Bertz CT molecular complexity index is 3270. The number of rotatable bonds is 4. The van der Waals surface area contributed by atoms with Crippen LogP contribution in [0.5, 0.6) is 0 Å². The van der Waals surface area contributed by atoms with Gasteiger partial charge in [-0.25, -0.2) is 4.98 Å². The van der Waals surface area contributed by atoms with Gasteiger partial charge < -0.3 is 4.42 Å². The molecule has 0 N–H and O–H groups in total. The molecule has 0 amide bonds. The fourth-order valence-electron chi connectivity index (χ4n) is 7.77. The van der Waals surface area contributed by atoms with Crippen molar-refractivity contribution in [1.82, 2.24) is 19.5 Å². The van der Waals surface area contributed by atoms with E-state index < -0.39 is 0 Å². The smallest absolute Gasteiger partial charge is 0.238 e. The molecule has 4 aromatic heterocycles. The van der Waals surface area contributed by atoms with Gasteiger partial charge in [0.2, 0.25) is 5.95 Å². The molecule has 53 heavy (non-hydrogen) atoms. The van der Waals surface area contributed by atoms with Crippen LogP contribution in [0.4, 0.5) is 0 Å². The first-order chi connectivity index (χ1) is 26.1. The van der Waals surface area contributed by atoms with Gasteiger partial charge in [-0.1, -0.05) is 113 Å². The number of hydrogen-bond acceptors (Lipinski definition) is 5. The van der Waals surface area contributed by atoms with Crippen LogP contribution in [0, 0.1) is 6.92 Å². The van der Waals surface area contributed by atoms with Crippen LogP contribution < -0.4 is 0 Å². The molecule has 11 rings (SSSR count). The minimum atomic E-state index is 0.585. The number of thiophene rings is 1. The van der Waals surface area contributed by atoms with Crippen molar-refractivity contribution in [3.8, 4) is 39.9 Å². The summed E-state index contributed by atoms with van der Waals surface area (Å²) < 4.78 is 12.0. The van der Waals surface area contributed by atoms with E-state index in [2.05, 4.69) is 131 Å². The Hall–Kier alpha value is -6.15. The fraction of sp³-hybridized carbons (Fsp3) is 0.0217. The number of aromatic nitrogens is 4. The number of halogens is 1. The minimum Gasteiger partial charge on any atom is -0.456 e. The SMILES string of the molecule is Cc1ccccc1-c1nc(-c2ccccc2)nc(-n2c3ccc(-c4ccc5oc6cccc(Br)c6c5c4)cc3c3c4sc5ccccc5c4ccc32)n1. The van der Waals surface area contributed by atoms with Crippen molar-refractivity contribution in [3.05, 3.63) is 156 Å². The van der Waals surface area contributed by atoms with E-state index in [0.29, 0.717) is 17.6 Å². The topological polar surface area (TPSA) is 56.7 Å². The molecule has 11 aromatic rings. The number of nitrogens with zero attached hydrogens (tertiary/aromatic N) is 4. The maximum absolute atomic E-state index is 6.22. The monoisotopic (exact) mass is 762 g/mol. The number of aryl methyl sites for hydroxylation is 1. The van der Waals surface area contributed by atoms with Gasteiger partial charge in [0.05, 0.1) is 11.0 Å². The van der Waals surface area contributed by atoms with Gasteiger partial charge in [-0.3, -0.25) is 4.57 Å². The number of hydrogen-bond donors (Lipinski definition) is 0. The van der Waals surface area contributed by atoms with Gasteiger partial charge in [-0.15, -0.1) is 11.3 Å². The predicted molar refractivity (Wildman–Crippen MR) is 223 cm³/mol. The molecule has 0 saturated carbocycles. The largest absolute Gasteiger partial charge is 0.456 e. The lowest BCUT2D eigenvalue weighted by Crippen LogP contribution is -2.06. The van der Waals surface area contributed by atoms with E-state index in [9.17, 15) is 0 Å². The van der Waals surface area contributed by atoms with Crippen molar-refractivity contribution < 1.29 is 4.42 Å². The molecule has 0 bridgehead atoms. The van der Waals surface area contributed by atoms with Crippen LogP contribution in [-0.4, -0.2) is 19.5 Å². The number of benzene rings is 7. The zero-order chi connectivity index (χ0) is 35.2. The first-order valence-electron chi connectivity index (χ1n) is 17.5. The second-order valence-corrected chi connectivity index (χ2v) is 15.3. The summed E-state index contributed by atoms with van der Waals surface area (Å²) in [5.41, 5.74) is 9.10. The fourth-order valence-corrected chi connectivity index (χ4v) is 9.59. The molecule has 0 unspecified atom stereocenters. The Morgan fingerprint density at radius 3 is 2.19 bits per heavy atom. The van der Waals surface area contributed by atoms with Gasteiger partial charge >= 0.3 is 0 Å². The quantitative estimate of drug-likeness (QED) is 0.179. The van der Waals surface area contributed by atoms with E-state index in [4.69, 9.17) is 19.4 Å². The number of fused-ring (bicyclic) bond motifs is 10. The van der Waals surface area contributed by atoms with Crippen molar-refractivity contribution in [2.45, 2.75) is 6.92 Å². The molecule has 4 heterocycles. The predicted octanol–water partition coefficient (Wildman–Crippen LogP) is 13.3. The summed E-state index contributed by atoms with van der Waals surface area (Å²) in [6.45, 7) is 2.10. The minimum absolute atomic E-state index is 0.585. The van der Waals surface area contributed by atoms with Gasteiger partial charge in [0.15, 0.2) is 11.6 Å². The molecule has 0 saturated heterocycles. The molecule has 250 valence electrons. The average Bonchev–Trinajstić information content (AvgIpc) is 3.87. The van der Waals surface area contributed by atoms with Crippen molar-refractivity contribution >= 4 is 91.2 Å². The van der Waals surface area contributed by atoms with E-state index in [0.717, 1.165) is 70.6 Å². The van der Waals surface area contributed by atoms with Gasteiger partial charge in [0, 0.05) is 57.3 Å². The molecule has 7 aromatic carbocycles. The Morgan fingerprint density at radius 2 is 1.30 bits per heavy atom. The summed E-state index contributed by atoms with van der Waals surface area (Å²) in [4.78, 5) is 15.5. The molecule has 0 aliphatic rings. The maximum Gasteiger partial charge on any atom is 0.238 e. The first kappa shape index (κ1) is 30.5. The summed E-state index contributed by atoms with van der Waals surface area (Å²) in [7, 11) is 0. The van der Waals surface area contributed by atoms with Gasteiger partial charge in [-0.05, 0) is 72.1 Å². The molecule has 0 spiro atoms. The summed E-state index contributed by atoms with van der Waals surface area (Å²) in [5.74, 6) is 1.87. The van der Waals surface area contributed by atoms with E-state index in [1.54, 1.807) is 0 Å². The molecular formula is C46H27BrN4OS. The third-order valence-corrected chi connectivity index (χ3v) is 12.2. The van der Waals surface area contributed by atoms with Crippen LogP contribution in [0.3, 0.4) is 0 Å². The van der Waals surface area contributed by atoms with Gasteiger partial charge in [0.1, 0.15) is 11.2 Å². The Balaban J connectivity index is 1.22. The van der Waals surface area contributed by atoms with Crippen molar-refractivity contribution in [2.75, 3.05) is 0 Å². The zero-order valence-corrected chi connectivity index (χ0v) is 30.7. The Kier molecular flexibility index (Phi) is 6.72. The summed E-state index contributed by atoms with van der Waals surface area (Å²) >= 11 is 5.61. The van der Waals surface area contributed by atoms with Crippen LogP contribution in [-0.2, 0) is 0 Å². The number of furan rings is 1. The van der Waals surface area contributed by atoms with E-state index >= 15 is 0 Å². The lowest BCUT2D eigenvalue weighted by atomic mass is 10.00. The van der Waals surface area contributed by atoms with E-state index in [1.165, 1.54) is 25.6 Å². The zero-order valence-electron chi connectivity index (χ0n) is 28.3. The lowest BCUT2D eigenvalue weighted by Gasteiger charge is -2.12. The van der Waals surface area contributed by atoms with Crippen molar-refractivity contribution in [2.24, 2.45) is 0 Å². The van der Waals surface area contributed by atoms with Gasteiger partial charge in [-0.2, -0.15) is 9.97 Å². The Labute approximate surface area is 315 Å². The highest BCUT2D eigenvalue weighted by Gasteiger charge is 2.22. The molecule has 0 aliphatic carbocycles. The summed E-state index contributed by atoms with van der Waals surface area (Å²) in [6.07, 6.45) is 0. The molecular weight excluding hydrogens is 737 g/mol. The van der Waals surface area contributed by atoms with Crippen LogP contribution in [0.15, 0.2) is 154 Å². The van der Waals surface area contributed by atoms with Crippen LogP contribution in [0.25, 0.3) is 104 Å². The molecule has 0 aliphatic heterocycles. The molecule has 0 radical (unpaired) electrons. The average molecular weight is 764 g/mol. The molecule has 0 fully saturated rings. The third kappa shape index (κ3) is 4.71. The first-order valence-corrected chi connectivity index (χ1v) is 19.1. The highest BCUT2D eigenvalue weighted by Crippen LogP contribution is 2.45. The molecule has 0 atom stereocenters. The van der Waals surface area contributed by atoms with Crippen LogP contribution >= 0.6 is 27.3 Å². The van der Waals surface area contributed by atoms with Crippen LogP contribution in [0.1, 0.15) is 5.56 Å². The second kappa shape index (κ2) is 11.7. The second-order valence-electron chi connectivity index (χ2n) is 13.4. The normalized spacial score (nSPS) is 12.0. The highest BCUT2D eigenvalue weighted by atomic mass is 79.9. The van der Waals surface area contributed by atoms with Crippen molar-refractivity contribution in [3.63, 3.8) is 0 Å². The standard InChI is InChI=1S/C46H27BrN4OS/c1-26-10-5-6-13-30(26)45-48-44(27-11-3-2-4-12-27)49-46(50-45)51-36-21-18-28(29-19-23-38-34(25-29)41-35(47)15-9-16-39(41)52-38)24-33(36)42-37(51)22-20-32-31-14-7-8-17-40(31)53-43(32)42/h2-25H,1H3. The van der Waals surface area contributed by atoms with E-state index in [1.807, 2.05) is 53.8 Å². The van der Waals surface area contributed by atoms with Gasteiger partial charge in [0.25, 0.3) is 0 Å². The summed E-state index contributed by atoms with van der Waals surface area (Å²) in [5, 5.41) is 7.02. The van der Waals surface area contributed by atoms with Crippen molar-refractivity contribution in [1.29, 1.82) is 0 Å². The molecule has 7 heteroatoms.